The first-order valence-electron chi connectivity index (χ1n) is 11.9. The van der Waals surface area contributed by atoms with E-state index < -0.39 is 6.61 Å². The van der Waals surface area contributed by atoms with Gasteiger partial charge in [0.1, 0.15) is 11.8 Å². The van der Waals surface area contributed by atoms with Crippen LogP contribution in [0.4, 0.5) is 8.78 Å². The minimum Gasteiger partial charge on any atom is -0.435 e. The zero-order valence-corrected chi connectivity index (χ0v) is 21.3. The number of nitrogens with zero attached hydrogens (tertiary/aromatic N) is 2. The van der Waals surface area contributed by atoms with Gasteiger partial charge in [-0.25, -0.2) is 0 Å². The van der Waals surface area contributed by atoms with Crippen molar-refractivity contribution in [3.05, 3.63) is 58.3 Å². The Morgan fingerprint density at radius 3 is 2.68 bits per heavy atom. The summed E-state index contributed by atoms with van der Waals surface area (Å²) in [7, 11) is 2.83. The van der Waals surface area contributed by atoms with E-state index in [1.165, 1.54) is 0 Å². The molecule has 2 aliphatic carbocycles. The maximum atomic E-state index is 12.9. The summed E-state index contributed by atoms with van der Waals surface area (Å²) in [5.74, 6) is 0.700. The normalized spacial score (nSPS) is 30.7. The number of allylic oxidation sites excluding steroid dienone is 4. The third-order valence-corrected chi connectivity index (χ3v) is 7.87. The molecule has 1 fully saturated rings. The van der Waals surface area contributed by atoms with Crippen LogP contribution in [0.3, 0.4) is 0 Å². The van der Waals surface area contributed by atoms with Crippen LogP contribution in [-0.4, -0.2) is 24.7 Å². The van der Waals surface area contributed by atoms with E-state index in [1.54, 1.807) is 12.1 Å². The summed E-state index contributed by atoms with van der Waals surface area (Å²) in [6, 6.07) is 7.77. The van der Waals surface area contributed by atoms with Gasteiger partial charge >= 0.3 is 6.61 Å². The zero-order valence-electron chi connectivity index (χ0n) is 20.1. The molecule has 5 unspecified atom stereocenters. The SMILES string of the molecule is CCC1C2C(C3=C\CC\C=C(C(P)NC(C)C)/C=N/3)=C(C#N)c3cc(OC(F)F)ccc3C12C. The third-order valence-electron chi connectivity index (χ3n) is 7.29. The van der Waals surface area contributed by atoms with Gasteiger partial charge in [-0.05, 0) is 55.9 Å². The van der Waals surface area contributed by atoms with Crippen molar-refractivity contribution in [2.75, 3.05) is 0 Å². The molecule has 0 amide bonds. The molecular formula is C27H32F2N3OP. The summed E-state index contributed by atoms with van der Waals surface area (Å²) >= 11 is 0. The van der Waals surface area contributed by atoms with E-state index >= 15 is 0 Å². The smallest absolute Gasteiger partial charge is 0.387 e. The molecule has 1 heterocycles. The number of benzene rings is 1. The molecule has 0 saturated heterocycles. The first-order chi connectivity index (χ1) is 16.2. The van der Waals surface area contributed by atoms with Gasteiger partial charge in [-0.3, -0.25) is 4.99 Å². The minimum atomic E-state index is -2.91. The fraction of sp³-hybridized carbons (Fsp3) is 0.481. The second-order valence-electron chi connectivity index (χ2n) is 9.69. The Hall–Kier alpha value is -2.35. The number of fused-ring (bicyclic) bond motifs is 3. The van der Waals surface area contributed by atoms with E-state index in [4.69, 9.17) is 4.99 Å². The maximum absolute atomic E-state index is 12.9. The minimum absolute atomic E-state index is 0.0718. The highest BCUT2D eigenvalue weighted by molar-refractivity contribution is 7.18. The molecular weight excluding hydrogens is 451 g/mol. The fourth-order valence-corrected chi connectivity index (χ4v) is 6.38. The predicted octanol–water partition coefficient (Wildman–Crippen LogP) is 6.37. The standard InChI is InChI=1S/C27H32F2N3OP/c1-5-20-24-23(22-9-7-6-8-16(14-31-22)25(34)32-15(2)3)19(13-30)18-12-17(33-26(28)29)10-11-21(18)27(20,24)4/h8-12,14-15,20,24-26,32H,5-7,34H2,1-4H3/b16-8+,22-9-,31-14+. The van der Waals surface area contributed by atoms with Crippen LogP contribution in [0, 0.1) is 23.2 Å². The van der Waals surface area contributed by atoms with Crippen molar-refractivity contribution >= 4 is 21.0 Å². The van der Waals surface area contributed by atoms with Gasteiger partial charge in [-0.1, -0.05) is 38.5 Å². The quantitative estimate of drug-likeness (QED) is 0.459. The number of hydrogen-bond donors (Lipinski definition) is 1. The predicted molar refractivity (Wildman–Crippen MR) is 136 cm³/mol. The van der Waals surface area contributed by atoms with E-state index in [0.717, 1.165) is 41.7 Å². The van der Waals surface area contributed by atoms with Crippen molar-refractivity contribution < 1.29 is 13.5 Å². The summed E-state index contributed by atoms with van der Waals surface area (Å²) < 4.78 is 30.5. The molecule has 3 aliphatic rings. The lowest BCUT2D eigenvalue weighted by atomic mass is 9.78. The van der Waals surface area contributed by atoms with Gasteiger partial charge in [-0.2, -0.15) is 14.0 Å². The Morgan fingerprint density at radius 2 is 2.03 bits per heavy atom. The van der Waals surface area contributed by atoms with Crippen molar-refractivity contribution in [2.45, 2.75) is 70.8 Å². The van der Waals surface area contributed by atoms with Crippen LogP contribution in [-0.2, 0) is 5.41 Å². The Kier molecular flexibility index (Phi) is 7.08. The Morgan fingerprint density at radius 1 is 1.29 bits per heavy atom. The first kappa shape index (κ1) is 24.8. The zero-order chi connectivity index (χ0) is 24.6. The number of aliphatic imine (C=N–C) groups is 1. The second-order valence-corrected chi connectivity index (χ2v) is 10.4. The summed E-state index contributed by atoms with van der Waals surface area (Å²) in [5, 5.41) is 13.7. The molecule has 1 aromatic carbocycles. The Labute approximate surface area is 203 Å². The molecule has 1 N–H and O–H groups in total. The summed E-state index contributed by atoms with van der Waals surface area (Å²) in [6.45, 7) is 5.69. The van der Waals surface area contributed by atoms with Crippen molar-refractivity contribution in [2.24, 2.45) is 16.8 Å². The second kappa shape index (κ2) is 9.72. The van der Waals surface area contributed by atoms with E-state index in [9.17, 15) is 14.0 Å². The molecule has 1 aliphatic heterocycles. The van der Waals surface area contributed by atoms with Gasteiger partial charge in [0.05, 0.1) is 11.3 Å². The molecule has 4 nitrogen and oxygen atoms in total. The highest BCUT2D eigenvalue weighted by atomic mass is 31.0. The van der Waals surface area contributed by atoms with Gasteiger partial charge in [0.15, 0.2) is 0 Å². The van der Waals surface area contributed by atoms with Crippen LogP contribution in [0.25, 0.3) is 5.57 Å². The molecule has 1 aromatic rings. The Bertz CT molecular complexity index is 1130. The van der Waals surface area contributed by atoms with Gasteiger partial charge in [0, 0.05) is 40.5 Å². The molecule has 1 saturated carbocycles. The summed E-state index contributed by atoms with van der Waals surface area (Å²) in [5.41, 5.74) is 4.94. The number of halogens is 2. The lowest BCUT2D eigenvalue weighted by Crippen LogP contribution is -2.32. The van der Waals surface area contributed by atoms with Gasteiger partial charge in [0.25, 0.3) is 0 Å². The average Bonchev–Trinajstić information content (AvgIpc) is 3.37. The summed E-state index contributed by atoms with van der Waals surface area (Å²) in [6.07, 6.45) is 8.87. The van der Waals surface area contributed by atoms with E-state index in [-0.39, 0.29) is 22.9 Å². The highest BCUT2D eigenvalue weighted by Crippen LogP contribution is 2.69. The number of rotatable bonds is 7. The number of alkyl halides is 2. The molecule has 0 bridgehead atoms. The maximum Gasteiger partial charge on any atom is 0.387 e. The van der Waals surface area contributed by atoms with E-state index in [2.05, 4.69) is 65.2 Å². The molecule has 7 heteroatoms. The van der Waals surface area contributed by atoms with Gasteiger partial charge in [0.2, 0.25) is 0 Å². The fourth-order valence-electron chi connectivity index (χ4n) is 5.78. The van der Waals surface area contributed by atoms with E-state index in [1.807, 2.05) is 12.3 Å². The van der Waals surface area contributed by atoms with Crippen LogP contribution in [0.2, 0.25) is 0 Å². The average molecular weight is 484 g/mol. The summed E-state index contributed by atoms with van der Waals surface area (Å²) in [4.78, 5) is 4.89. The number of ether oxygens (including phenoxy) is 1. The van der Waals surface area contributed by atoms with Crippen LogP contribution in [0.15, 0.2) is 52.2 Å². The molecule has 0 aromatic heterocycles. The van der Waals surface area contributed by atoms with Crippen LogP contribution in [0.1, 0.15) is 58.1 Å². The van der Waals surface area contributed by atoms with Crippen LogP contribution >= 0.6 is 9.24 Å². The van der Waals surface area contributed by atoms with Crippen molar-refractivity contribution in [3.63, 3.8) is 0 Å². The lowest BCUT2D eigenvalue weighted by molar-refractivity contribution is -0.0498. The molecule has 0 spiro atoms. The largest absolute Gasteiger partial charge is 0.435 e. The molecule has 5 atom stereocenters. The first-order valence-corrected chi connectivity index (χ1v) is 12.6. The topological polar surface area (TPSA) is 57.4 Å². The van der Waals surface area contributed by atoms with Crippen LogP contribution < -0.4 is 10.1 Å². The van der Waals surface area contributed by atoms with E-state index in [0.29, 0.717) is 23.1 Å². The van der Waals surface area contributed by atoms with Crippen molar-refractivity contribution in [3.8, 4) is 11.8 Å². The van der Waals surface area contributed by atoms with Gasteiger partial charge < -0.3 is 10.1 Å². The molecule has 34 heavy (non-hydrogen) atoms. The number of nitriles is 1. The third kappa shape index (κ3) is 4.37. The highest BCUT2D eigenvalue weighted by Gasteiger charge is 2.65. The van der Waals surface area contributed by atoms with Crippen LogP contribution in [0.5, 0.6) is 5.75 Å². The number of hydrogen-bond acceptors (Lipinski definition) is 4. The number of nitrogens with one attached hydrogen (secondary N) is 1. The van der Waals surface area contributed by atoms with Crippen molar-refractivity contribution in [1.82, 2.24) is 5.32 Å². The Balaban J connectivity index is 1.81. The molecule has 4 rings (SSSR count). The monoisotopic (exact) mass is 483 g/mol. The van der Waals surface area contributed by atoms with Crippen molar-refractivity contribution in [1.29, 1.82) is 5.26 Å². The lowest BCUT2D eigenvalue weighted by Gasteiger charge is -2.26. The molecule has 180 valence electrons. The molecule has 0 radical (unpaired) electrons. The van der Waals surface area contributed by atoms with Gasteiger partial charge in [-0.15, -0.1) is 9.24 Å².